The Labute approximate surface area is 348 Å². The molecule has 0 unspecified atom stereocenters. The summed E-state index contributed by atoms with van der Waals surface area (Å²) in [5.41, 5.74) is 16.4. The van der Waals surface area contributed by atoms with Crippen LogP contribution in [0.25, 0.3) is 60.9 Å². The first-order valence-electron chi connectivity index (χ1n) is 20.0. The molecule has 0 bridgehead atoms. The van der Waals surface area contributed by atoms with Gasteiger partial charge in [-0.2, -0.15) is 4.98 Å². The molecular formula is C50H45N9O. The second-order valence-electron chi connectivity index (χ2n) is 14.7. The van der Waals surface area contributed by atoms with E-state index in [0.29, 0.717) is 31.4 Å². The van der Waals surface area contributed by atoms with E-state index in [2.05, 4.69) is 88.6 Å². The maximum absolute atomic E-state index is 6.03. The van der Waals surface area contributed by atoms with E-state index < -0.39 is 0 Å². The predicted molar refractivity (Wildman–Crippen MR) is 245 cm³/mol. The number of nitrogens with one attached hydrogen (secondary N) is 3. The molecule has 0 saturated carbocycles. The molecule has 0 aliphatic carbocycles. The molecule has 0 aliphatic heterocycles. The zero-order valence-corrected chi connectivity index (χ0v) is 33.8. The van der Waals surface area contributed by atoms with Crippen LogP contribution in [0.1, 0.15) is 28.1 Å². The van der Waals surface area contributed by atoms with Crippen LogP contribution in [0.3, 0.4) is 0 Å². The van der Waals surface area contributed by atoms with Crippen LogP contribution in [0, 0.1) is 13.8 Å². The number of methoxy groups -OCH3 is 1. The summed E-state index contributed by atoms with van der Waals surface area (Å²) < 4.78 is 7.72. The van der Waals surface area contributed by atoms with Crippen LogP contribution in [0.15, 0.2) is 152 Å². The molecule has 296 valence electrons. The Morgan fingerprint density at radius 1 is 0.617 bits per heavy atom. The van der Waals surface area contributed by atoms with Crippen LogP contribution in [-0.2, 0) is 19.6 Å². The third kappa shape index (κ3) is 7.47. The Hall–Kier alpha value is -7.56. The van der Waals surface area contributed by atoms with Gasteiger partial charge in [-0.3, -0.25) is 4.57 Å². The number of aromatic nitrogens is 6. The lowest BCUT2D eigenvalue weighted by molar-refractivity contribution is 0.419. The van der Waals surface area contributed by atoms with Crippen molar-refractivity contribution in [2.45, 2.75) is 33.5 Å². The van der Waals surface area contributed by atoms with Gasteiger partial charge < -0.3 is 26.1 Å². The molecule has 0 amide bonds. The Morgan fingerprint density at radius 2 is 1.23 bits per heavy atom. The quantitative estimate of drug-likeness (QED) is 0.108. The normalized spacial score (nSPS) is 11.2. The van der Waals surface area contributed by atoms with Crippen molar-refractivity contribution in [2.75, 3.05) is 17.7 Å². The van der Waals surface area contributed by atoms with Crippen LogP contribution in [0.2, 0.25) is 0 Å². The minimum atomic E-state index is 0.428. The van der Waals surface area contributed by atoms with Gasteiger partial charge in [0.1, 0.15) is 22.9 Å². The number of aryl methyl sites for hydroxylation is 2. The van der Waals surface area contributed by atoms with Gasteiger partial charge in [0, 0.05) is 63.6 Å². The summed E-state index contributed by atoms with van der Waals surface area (Å²) in [7, 11) is 1.67. The fourth-order valence-corrected chi connectivity index (χ4v) is 7.82. The number of nitrogens with zero attached hydrogens (tertiary/aromatic N) is 5. The van der Waals surface area contributed by atoms with Gasteiger partial charge in [-0.15, -0.1) is 0 Å². The van der Waals surface area contributed by atoms with Crippen LogP contribution in [0.5, 0.6) is 5.75 Å². The topological polar surface area (TPSA) is 132 Å². The minimum Gasteiger partial charge on any atom is -0.494 e. The Balaban J connectivity index is 0.000000154. The fourth-order valence-electron chi connectivity index (χ4n) is 7.82. The number of para-hydroxylation sites is 4. The third-order valence-electron chi connectivity index (χ3n) is 10.7. The number of fused-ring (bicyclic) bond motifs is 4. The molecule has 0 spiro atoms. The van der Waals surface area contributed by atoms with E-state index in [1.165, 1.54) is 16.5 Å². The monoisotopic (exact) mass is 787 g/mol. The molecular weight excluding hydrogens is 743 g/mol. The van der Waals surface area contributed by atoms with Gasteiger partial charge in [-0.25, -0.2) is 15.0 Å². The van der Waals surface area contributed by atoms with E-state index in [0.717, 1.165) is 78.1 Å². The number of benzene rings is 6. The number of hydrogen-bond donors (Lipinski definition) is 4. The summed E-state index contributed by atoms with van der Waals surface area (Å²) in [6.07, 6.45) is 0. The summed E-state index contributed by atoms with van der Waals surface area (Å²) in [5.74, 6) is 3.67. The molecule has 10 rings (SSSR count). The number of rotatable bonds is 10. The van der Waals surface area contributed by atoms with Crippen molar-refractivity contribution in [1.82, 2.24) is 29.5 Å². The predicted octanol–water partition coefficient (Wildman–Crippen LogP) is 10.7. The first-order chi connectivity index (χ1) is 29.5. The average molecular weight is 788 g/mol. The van der Waals surface area contributed by atoms with Gasteiger partial charge in [0.2, 0.25) is 5.95 Å². The van der Waals surface area contributed by atoms with Gasteiger partial charge in [-0.1, -0.05) is 115 Å². The minimum absolute atomic E-state index is 0.428. The van der Waals surface area contributed by atoms with Crippen LogP contribution in [0.4, 0.5) is 11.6 Å². The van der Waals surface area contributed by atoms with E-state index in [1.807, 2.05) is 97.1 Å². The second-order valence-corrected chi connectivity index (χ2v) is 14.7. The summed E-state index contributed by atoms with van der Waals surface area (Å²) in [5, 5.41) is 11.2. The summed E-state index contributed by atoms with van der Waals surface area (Å²) in [6, 6.07) is 51.3. The van der Waals surface area contributed by atoms with E-state index >= 15 is 0 Å². The number of H-pyrrole nitrogens is 1. The van der Waals surface area contributed by atoms with Crippen molar-refractivity contribution in [1.29, 1.82) is 0 Å². The molecule has 4 aromatic heterocycles. The maximum Gasteiger partial charge on any atom is 0.236 e. The Morgan fingerprint density at radius 3 is 1.95 bits per heavy atom. The van der Waals surface area contributed by atoms with Crippen molar-refractivity contribution in [3.8, 4) is 23.1 Å². The highest BCUT2D eigenvalue weighted by atomic mass is 16.5. The zero-order chi connectivity index (χ0) is 41.0. The summed E-state index contributed by atoms with van der Waals surface area (Å²) in [4.78, 5) is 23.2. The molecule has 0 saturated heterocycles. The molecule has 0 atom stereocenters. The first kappa shape index (κ1) is 38.0. The Bertz CT molecular complexity index is 2890. The second kappa shape index (κ2) is 16.7. The number of ether oxygens (including phenoxy) is 1. The smallest absolute Gasteiger partial charge is 0.236 e. The lowest BCUT2D eigenvalue weighted by atomic mass is 10.1. The molecule has 4 heterocycles. The molecule has 10 aromatic rings. The van der Waals surface area contributed by atoms with Crippen LogP contribution >= 0.6 is 0 Å². The van der Waals surface area contributed by atoms with Crippen molar-refractivity contribution in [3.05, 3.63) is 180 Å². The summed E-state index contributed by atoms with van der Waals surface area (Å²) in [6.45, 7) is 5.93. The molecule has 6 aromatic carbocycles. The van der Waals surface area contributed by atoms with E-state index in [9.17, 15) is 0 Å². The van der Waals surface area contributed by atoms with Crippen LogP contribution < -0.4 is 21.1 Å². The van der Waals surface area contributed by atoms with Gasteiger partial charge in [0.15, 0.2) is 5.82 Å². The van der Waals surface area contributed by atoms with Crippen molar-refractivity contribution < 1.29 is 4.74 Å². The number of aromatic amines is 1. The van der Waals surface area contributed by atoms with Gasteiger partial charge in [-0.05, 0) is 66.9 Å². The number of anilines is 2. The molecule has 60 heavy (non-hydrogen) atoms. The van der Waals surface area contributed by atoms with Gasteiger partial charge >= 0.3 is 0 Å². The lowest BCUT2D eigenvalue weighted by Gasteiger charge is -2.14. The highest BCUT2D eigenvalue weighted by Crippen LogP contribution is 2.35. The highest BCUT2D eigenvalue weighted by Gasteiger charge is 2.19. The molecule has 0 fully saturated rings. The summed E-state index contributed by atoms with van der Waals surface area (Å²) >= 11 is 0. The number of nitrogens with two attached hydrogens (primary N) is 1. The fraction of sp³-hybridized carbons (Fsp3) is 0.120. The number of hydrogen-bond acceptors (Lipinski definition) is 8. The van der Waals surface area contributed by atoms with E-state index in [1.54, 1.807) is 7.11 Å². The van der Waals surface area contributed by atoms with E-state index in [-0.39, 0.29) is 0 Å². The standard InChI is InChI=1S/C25H23N5.C25H22N4O/c1-17-14-19-10-5-6-13-22(19)30(17)25-28-23-20(15-26)11-7-12-21(23)24(29-25)27-16-18-8-3-2-4-9-18;1-16-22(18-11-6-7-13-20(18)27-16)25-28-23-19(12-8-14-21(23)30-2)24(29-25)26-15-17-9-4-3-5-10-17/h2-14H,15-16,26H2,1H3,(H,27,28,29);3-14,27H,15H2,1-2H3,(H,26,28,29). The molecule has 0 aliphatic rings. The highest BCUT2D eigenvalue weighted by molar-refractivity contribution is 5.99. The van der Waals surface area contributed by atoms with Crippen molar-refractivity contribution >= 4 is 55.2 Å². The average Bonchev–Trinajstić information content (AvgIpc) is 3.82. The van der Waals surface area contributed by atoms with Crippen LogP contribution in [-0.4, -0.2) is 36.6 Å². The molecule has 10 nitrogen and oxygen atoms in total. The van der Waals surface area contributed by atoms with Crippen molar-refractivity contribution in [2.24, 2.45) is 5.73 Å². The lowest BCUT2D eigenvalue weighted by Crippen LogP contribution is -2.10. The first-order valence-corrected chi connectivity index (χ1v) is 20.0. The molecule has 0 radical (unpaired) electrons. The largest absolute Gasteiger partial charge is 0.494 e. The Kier molecular flexibility index (Phi) is 10.6. The molecule has 10 heteroatoms. The molecule has 5 N–H and O–H groups in total. The van der Waals surface area contributed by atoms with Gasteiger partial charge in [0.05, 0.1) is 18.1 Å². The van der Waals surface area contributed by atoms with Gasteiger partial charge in [0.25, 0.3) is 0 Å². The maximum atomic E-state index is 6.03. The van der Waals surface area contributed by atoms with E-state index in [4.69, 9.17) is 30.4 Å². The van der Waals surface area contributed by atoms with Crippen molar-refractivity contribution in [3.63, 3.8) is 0 Å². The zero-order valence-electron chi connectivity index (χ0n) is 33.8. The SMILES string of the molecule is COc1cccc2c(NCc3ccccc3)nc(-c3c(C)[nH]c4ccccc34)nc12.Cc1cc2ccccc2n1-c1nc(NCc2ccccc2)c2cccc(CN)c2n1. The third-order valence-corrected chi connectivity index (χ3v) is 10.7.